The van der Waals surface area contributed by atoms with Gasteiger partial charge < -0.3 is 10.2 Å². The minimum absolute atomic E-state index is 0.126. The first kappa shape index (κ1) is 24.3. The molecule has 8 heteroatoms. The summed E-state index contributed by atoms with van der Waals surface area (Å²) in [5, 5.41) is 7.64. The lowest BCUT2D eigenvalue weighted by atomic mass is 9.88. The molecule has 0 unspecified atom stereocenters. The van der Waals surface area contributed by atoms with E-state index in [1.54, 1.807) is 0 Å². The fourth-order valence-corrected chi connectivity index (χ4v) is 6.16. The number of aliphatic imine (C=N–C) groups is 1. The highest BCUT2D eigenvalue weighted by Gasteiger charge is 2.50. The Morgan fingerprint density at radius 1 is 0.923 bits per heavy atom. The maximum Gasteiger partial charge on any atom is 0.256 e. The molecule has 0 radical (unpaired) electrons. The average Bonchev–Trinajstić information content (AvgIpc) is 3.66. The van der Waals surface area contributed by atoms with Crippen molar-refractivity contribution in [3.05, 3.63) is 66.5 Å². The lowest BCUT2D eigenvalue weighted by Crippen LogP contribution is -2.56. The van der Waals surface area contributed by atoms with Crippen molar-refractivity contribution in [3.63, 3.8) is 0 Å². The Balaban J connectivity index is 1.11. The molecule has 1 spiro atoms. The fraction of sp³-hybridized carbons (Fsp3) is 0.419. The number of carbonyl (C=O) groups excluding carboxylic acids is 2. The highest BCUT2D eigenvalue weighted by atomic mass is 16.2. The summed E-state index contributed by atoms with van der Waals surface area (Å²) in [6.07, 6.45) is 7.40. The molecule has 39 heavy (non-hydrogen) atoms. The summed E-state index contributed by atoms with van der Waals surface area (Å²) in [7, 11) is 1.92. The average molecular weight is 523 g/mol. The largest absolute Gasteiger partial charge is 0.342 e. The number of carbonyl (C=O) groups is 2. The summed E-state index contributed by atoms with van der Waals surface area (Å²) in [4.78, 5) is 35.2. The number of nitrogens with one attached hydrogen (secondary N) is 1. The van der Waals surface area contributed by atoms with Crippen molar-refractivity contribution in [3.8, 4) is 22.3 Å². The summed E-state index contributed by atoms with van der Waals surface area (Å²) < 4.78 is 1.81. The predicted molar refractivity (Wildman–Crippen MR) is 150 cm³/mol. The lowest BCUT2D eigenvalue weighted by Gasteiger charge is -2.41. The molecular formula is C31H34N6O2. The van der Waals surface area contributed by atoms with E-state index in [2.05, 4.69) is 58.9 Å². The highest BCUT2D eigenvalue weighted by Crippen LogP contribution is 2.37. The Kier molecular flexibility index (Phi) is 5.88. The third kappa shape index (κ3) is 4.46. The van der Waals surface area contributed by atoms with Gasteiger partial charge in [-0.15, -0.1) is 0 Å². The zero-order valence-electron chi connectivity index (χ0n) is 22.3. The minimum atomic E-state index is -0.658. The molecule has 8 nitrogen and oxygen atoms in total. The maximum absolute atomic E-state index is 13.8. The van der Waals surface area contributed by atoms with Gasteiger partial charge in [-0.3, -0.25) is 24.2 Å². The molecule has 200 valence electrons. The molecule has 4 heterocycles. The minimum Gasteiger partial charge on any atom is -0.342 e. The number of likely N-dealkylation sites (tertiary alicyclic amines) is 1. The van der Waals surface area contributed by atoms with E-state index >= 15 is 0 Å². The smallest absolute Gasteiger partial charge is 0.256 e. The Labute approximate surface area is 228 Å². The van der Waals surface area contributed by atoms with Gasteiger partial charge in [-0.25, -0.2) is 0 Å². The number of hydrogen-bond acceptors (Lipinski definition) is 5. The van der Waals surface area contributed by atoms with Gasteiger partial charge in [-0.05, 0) is 55.5 Å². The van der Waals surface area contributed by atoms with Crippen LogP contribution in [-0.4, -0.2) is 75.5 Å². The van der Waals surface area contributed by atoms with Gasteiger partial charge in [0.25, 0.3) is 5.91 Å². The number of nitrogens with zero attached hydrogens (tertiary/aromatic N) is 5. The molecule has 1 aromatic heterocycles. The predicted octanol–water partition coefficient (Wildman–Crippen LogP) is 3.33. The van der Waals surface area contributed by atoms with Crippen LogP contribution in [0.15, 0.2) is 65.9 Å². The van der Waals surface area contributed by atoms with Gasteiger partial charge in [-0.1, -0.05) is 48.5 Å². The number of amides is 2. The third-order valence-corrected chi connectivity index (χ3v) is 8.69. The number of amidine groups is 1. The molecule has 3 aliphatic heterocycles. The summed E-state index contributed by atoms with van der Waals surface area (Å²) in [6.45, 7) is 3.72. The number of benzene rings is 2. The molecule has 7 rings (SSSR count). The van der Waals surface area contributed by atoms with Crippen molar-refractivity contribution >= 4 is 17.6 Å². The van der Waals surface area contributed by atoms with E-state index in [9.17, 15) is 9.59 Å². The molecule has 1 N–H and O–H groups in total. The van der Waals surface area contributed by atoms with Crippen LogP contribution in [0.1, 0.15) is 31.2 Å². The molecule has 3 fully saturated rings. The molecule has 0 bridgehead atoms. The molecule has 3 aromatic rings. The van der Waals surface area contributed by atoms with Crippen LogP contribution in [0, 0.1) is 11.8 Å². The van der Waals surface area contributed by atoms with Crippen molar-refractivity contribution in [1.82, 2.24) is 24.9 Å². The fourth-order valence-electron chi connectivity index (χ4n) is 6.16. The second-order valence-corrected chi connectivity index (χ2v) is 11.6. The van der Waals surface area contributed by atoms with Gasteiger partial charge >= 0.3 is 0 Å². The first-order valence-electron chi connectivity index (χ1n) is 14.1. The third-order valence-electron chi connectivity index (χ3n) is 8.69. The second kappa shape index (κ2) is 9.45. The van der Waals surface area contributed by atoms with Gasteiger partial charge in [0, 0.05) is 55.8 Å². The number of hydrogen-bond donors (Lipinski definition) is 1. The molecule has 2 saturated heterocycles. The molecule has 4 aliphatic rings. The Morgan fingerprint density at radius 3 is 2.08 bits per heavy atom. The number of rotatable bonds is 6. The molecular weight excluding hydrogens is 488 g/mol. The van der Waals surface area contributed by atoms with Crippen LogP contribution < -0.4 is 5.32 Å². The Bertz CT molecular complexity index is 1420. The van der Waals surface area contributed by atoms with Crippen LogP contribution in [-0.2, 0) is 16.6 Å². The van der Waals surface area contributed by atoms with E-state index in [0.29, 0.717) is 18.4 Å². The zero-order valence-corrected chi connectivity index (χ0v) is 22.3. The topological polar surface area (TPSA) is 82.8 Å². The van der Waals surface area contributed by atoms with Crippen molar-refractivity contribution in [2.24, 2.45) is 23.9 Å². The van der Waals surface area contributed by atoms with E-state index in [1.165, 1.54) is 0 Å². The second-order valence-electron chi connectivity index (χ2n) is 11.6. The summed E-state index contributed by atoms with van der Waals surface area (Å²) in [5.74, 6) is 1.76. The monoisotopic (exact) mass is 522 g/mol. The Hall–Kier alpha value is -3.78. The van der Waals surface area contributed by atoms with E-state index < -0.39 is 5.54 Å². The quantitative estimate of drug-likeness (QED) is 0.539. The van der Waals surface area contributed by atoms with Crippen LogP contribution in [0.5, 0.6) is 0 Å². The highest BCUT2D eigenvalue weighted by molar-refractivity contribution is 6.15. The van der Waals surface area contributed by atoms with Crippen LogP contribution in [0.2, 0.25) is 0 Å². The zero-order chi connectivity index (χ0) is 26.6. The van der Waals surface area contributed by atoms with Crippen LogP contribution >= 0.6 is 0 Å². The van der Waals surface area contributed by atoms with Crippen LogP contribution in [0.4, 0.5) is 0 Å². The first-order chi connectivity index (χ1) is 19.0. The number of piperidine rings is 1. The summed E-state index contributed by atoms with van der Waals surface area (Å²) >= 11 is 0. The first-order valence-corrected chi connectivity index (χ1v) is 14.1. The van der Waals surface area contributed by atoms with Gasteiger partial charge in [0.1, 0.15) is 11.4 Å². The van der Waals surface area contributed by atoms with E-state index in [1.807, 2.05) is 33.9 Å². The summed E-state index contributed by atoms with van der Waals surface area (Å²) in [6, 6.07) is 16.9. The van der Waals surface area contributed by atoms with E-state index in [4.69, 9.17) is 4.99 Å². The van der Waals surface area contributed by atoms with Crippen LogP contribution in [0.3, 0.4) is 0 Å². The lowest BCUT2D eigenvalue weighted by molar-refractivity contribution is -0.140. The van der Waals surface area contributed by atoms with Crippen molar-refractivity contribution in [2.45, 2.75) is 31.2 Å². The maximum atomic E-state index is 13.8. The van der Waals surface area contributed by atoms with Gasteiger partial charge in [0.15, 0.2) is 0 Å². The van der Waals surface area contributed by atoms with Crippen LogP contribution in [0.25, 0.3) is 22.3 Å². The number of aryl methyl sites for hydroxylation is 1. The van der Waals surface area contributed by atoms with E-state index in [0.717, 1.165) is 85.5 Å². The van der Waals surface area contributed by atoms with Gasteiger partial charge in [0.2, 0.25) is 5.91 Å². The van der Waals surface area contributed by atoms with Gasteiger partial charge in [0.05, 0.1) is 6.20 Å². The molecule has 1 aliphatic carbocycles. The number of aromatic nitrogens is 2. The standard InChI is InChI=1S/C31H34N6O2/c1-35-20-27(16-33-35)24-4-2-22(3-5-24)23-6-8-25(9-7-23)28-34-31(12-14-32-15-13-31)30(39)37(28)19-21-17-36(18-21)29(38)26-10-11-26/h2-9,16,20-21,26,32H,10-15,17-19H2,1H3. The molecule has 2 amide bonds. The molecule has 0 atom stereocenters. The summed E-state index contributed by atoms with van der Waals surface area (Å²) in [5.41, 5.74) is 4.81. The van der Waals surface area contributed by atoms with Gasteiger partial charge in [-0.2, -0.15) is 5.10 Å². The van der Waals surface area contributed by atoms with E-state index in [-0.39, 0.29) is 11.8 Å². The Morgan fingerprint density at radius 2 is 1.51 bits per heavy atom. The molecule has 2 aromatic carbocycles. The SMILES string of the molecule is Cn1cc(-c2ccc(-c3ccc(C4=NC5(CCNCC5)C(=O)N4CC4CN(C(=O)C5CC5)C4)cc3)cc2)cn1. The van der Waals surface area contributed by atoms with Crippen molar-refractivity contribution < 1.29 is 9.59 Å². The van der Waals surface area contributed by atoms with Crippen molar-refractivity contribution in [1.29, 1.82) is 0 Å². The van der Waals surface area contributed by atoms with Crippen molar-refractivity contribution in [2.75, 3.05) is 32.7 Å². The molecule has 1 saturated carbocycles. The normalized spacial score (nSPS) is 20.8.